The molecule has 0 amide bonds. The van der Waals surface area contributed by atoms with Gasteiger partial charge in [0.2, 0.25) is 0 Å². The van der Waals surface area contributed by atoms with Crippen molar-refractivity contribution >= 4 is 0 Å². The van der Waals surface area contributed by atoms with E-state index < -0.39 is 11.6 Å². The number of hydrogen-bond acceptors (Lipinski definition) is 1. The Hall–Kier alpha value is -1.74. The predicted molar refractivity (Wildman–Crippen MR) is 82.4 cm³/mol. The van der Waals surface area contributed by atoms with Crippen LogP contribution >= 0.6 is 0 Å². The van der Waals surface area contributed by atoms with Gasteiger partial charge in [0.05, 0.1) is 0 Å². The summed E-state index contributed by atoms with van der Waals surface area (Å²) in [6.07, 6.45) is 0.632. The van der Waals surface area contributed by atoms with Gasteiger partial charge in [-0.1, -0.05) is 31.2 Å². The quantitative estimate of drug-likeness (QED) is 0.856. The van der Waals surface area contributed by atoms with Gasteiger partial charge in [-0.15, -0.1) is 0 Å². The Kier molecular flexibility index (Phi) is 5.07. The Morgan fingerprint density at radius 2 is 1.71 bits per heavy atom. The van der Waals surface area contributed by atoms with Crippen LogP contribution in [-0.2, 0) is 6.42 Å². The fourth-order valence-electron chi connectivity index (χ4n) is 2.44. The zero-order valence-corrected chi connectivity index (χ0v) is 12.7. The molecule has 0 bridgehead atoms. The monoisotopic (exact) mass is 289 g/mol. The highest BCUT2D eigenvalue weighted by Gasteiger charge is 2.13. The van der Waals surface area contributed by atoms with Crippen LogP contribution in [-0.4, -0.2) is 6.54 Å². The van der Waals surface area contributed by atoms with E-state index in [0.717, 1.165) is 12.1 Å². The maximum Gasteiger partial charge on any atom is 0.159 e. The summed E-state index contributed by atoms with van der Waals surface area (Å²) in [6.45, 7) is 7.02. The largest absolute Gasteiger partial charge is 0.310 e. The van der Waals surface area contributed by atoms with Crippen molar-refractivity contribution in [3.8, 4) is 0 Å². The van der Waals surface area contributed by atoms with Gasteiger partial charge in [0.15, 0.2) is 11.6 Å². The second-order valence-electron chi connectivity index (χ2n) is 5.41. The summed E-state index contributed by atoms with van der Waals surface area (Å²) in [4.78, 5) is 0. The van der Waals surface area contributed by atoms with Crippen molar-refractivity contribution < 1.29 is 8.78 Å². The van der Waals surface area contributed by atoms with E-state index in [4.69, 9.17) is 0 Å². The molecule has 1 atom stereocenters. The number of rotatable bonds is 5. The first kappa shape index (κ1) is 15.6. The molecule has 0 fully saturated rings. The zero-order chi connectivity index (χ0) is 15.4. The van der Waals surface area contributed by atoms with Crippen LogP contribution in [0.3, 0.4) is 0 Å². The van der Waals surface area contributed by atoms with E-state index in [1.54, 1.807) is 6.07 Å². The average molecular weight is 289 g/mol. The standard InChI is InChI=1S/C18H21F2N/c1-4-21-18(15-7-5-12(2)13(3)9-15)11-14-6-8-16(19)17(20)10-14/h5-10,18,21H,4,11H2,1-3H3. The third-order valence-corrected chi connectivity index (χ3v) is 3.81. The lowest BCUT2D eigenvalue weighted by Gasteiger charge is -2.20. The summed E-state index contributed by atoms with van der Waals surface area (Å²) >= 11 is 0. The predicted octanol–water partition coefficient (Wildman–Crippen LogP) is 4.47. The Bertz CT molecular complexity index is 623. The minimum atomic E-state index is -0.801. The summed E-state index contributed by atoms with van der Waals surface area (Å²) in [7, 11) is 0. The average Bonchev–Trinajstić information content (AvgIpc) is 2.45. The van der Waals surface area contributed by atoms with Crippen molar-refractivity contribution in [1.29, 1.82) is 0 Å². The minimum Gasteiger partial charge on any atom is -0.310 e. The normalized spacial score (nSPS) is 12.4. The van der Waals surface area contributed by atoms with E-state index >= 15 is 0 Å². The third-order valence-electron chi connectivity index (χ3n) is 3.81. The van der Waals surface area contributed by atoms with Crippen molar-refractivity contribution in [2.45, 2.75) is 33.2 Å². The van der Waals surface area contributed by atoms with E-state index in [0.29, 0.717) is 6.42 Å². The van der Waals surface area contributed by atoms with E-state index in [9.17, 15) is 8.78 Å². The van der Waals surface area contributed by atoms with Crippen molar-refractivity contribution in [3.63, 3.8) is 0 Å². The van der Waals surface area contributed by atoms with Crippen LogP contribution in [0.4, 0.5) is 8.78 Å². The molecule has 0 aliphatic heterocycles. The zero-order valence-electron chi connectivity index (χ0n) is 12.7. The molecule has 0 saturated carbocycles. The highest BCUT2D eigenvalue weighted by atomic mass is 19.2. The van der Waals surface area contributed by atoms with Gasteiger partial charge >= 0.3 is 0 Å². The summed E-state index contributed by atoms with van der Waals surface area (Å²) in [5.74, 6) is -1.59. The molecule has 1 unspecified atom stereocenters. The molecule has 0 radical (unpaired) electrons. The summed E-state index contributed by atoms with van der Waals surface area (Å²) in [6, 6.07) is 10.6. The first-order valence-electron chi connectivity index (χ1n) is 7.25. The van der Waals surface area contributed by atoms with E-state index in [1.165, 1.54) is 28.8 Å². The number of likely N-dealkylation sites (N-methyl/N-ethyl adjacent to an activating group) is 1. The Balaban J connectivity index is 2.25. The fraction of sp³-hybridized carbons (Fsp3) is 0.333. The van der Waals surface area contributed by atoms with Crippen molar-refractivity contribution in [1.82, 2.24) is 5.32 Å². The molecule has 0 saturated heterocycles. The lowest BCUT2D eigenvalue weighted by molar-refractivity contribution is 0.502. The van der Waals surface area contributed by atoms with Crippen LogP contribution in [0.5, 0.6) is 0 Å². The SMILES string of the molecule is CCNC(Cc1ccc(F)c(F)c1)c1ccc(C)c(C)c1. The second kappa shape index (κ2) is 6.81. The molecule has 0 aromatic heterocycles. The molecular weight excluding hydrogens is 268 g/mol. The van der Waals surface area contributed by atoms with Crippen molar-refractivity contribution in [2.24, 2.45) is 0 Å². The fourth-order valence-corrected chi connectivity index (χ4v) is 2.44. The number of hydrogen-bond donors (Lipinski definition) is 1. The molecule has 0 aliphatic carbocycles. The van der Waals surface area contributed by atoms with E-state index in [1.807, 2.05) is 6.92 Å². The molecule has 21 heavy (non-hydrogen) atoms. The summed E-state index contributed by atoms with van der Waals surface area (Å²) in [5.41, 5.74) is 4.45. The van der Waals surface area contributed by atoms with Gasteiger partial charge in [0.25, 0.3) is 0 Å². The molecule has 2 rings (SSSR count). The molecule has 1 N–H and O–H groups in total. The molecule has 3 heteroatoms. The molecule has 0 heterocycles. The Morgan fingerprint density at radius 1 is 0.952 bits per heavy atom. The maximum atomic E-state index is 13.3. The van der Waals surface area contributed by atoms with Gasteiger partial charge < -0.3 is 5.32 Å². The molecule has 2 aromatic rings. The van der Waals surface area contributed by atoms with Crippen LogP contribution in [0.25, 0.3) is 0 Å². The van der Waals surface area contributed by atoms with Gasteiger partial charge in [0.1, 0.15) is 0 Å². The number of nitrogens with one attached hydrogen (secondary N) is 1. The first-order chi connectivity index (χ1) is 10.0. The smallest absolute Gasteiger partial charge is 0.159 e. The molecule has 0 aliphatic rings. The topological polar surface area (TPSA) is 12.0 Å². The van der Waals surface area contributed by atoms with Gasteiger partial charge in [-0.25, -0.2) is 8.78 Å². The number of halogens is 2. The summed E-state index contributed by atoms with van der Waals surface area (Å²) < 4.78 is 26.4. The summed E-state index contributed by atoms with van der Waals surface area (Å²) in [5, 5.41) is 3.41. The number of aryl methyl sites for hydroxylation is 2. The Morgan fingerprint density at radius 3 is 2.33 bits per heavy atom. The van der Waals surface area contributed by atoms with Gasteiger partial charge in [0, 0.05) is 6.04 Å². The highest BCUT2D eigenvalue weighted by Crippen LogP contribution is 2.22. The van der Waals surface area contributed by atoms with E-state index in [-0.39, 0.29) is 6.04 Å². The molecular formula is C18H21F2N. The highest BCUT2D eigenvalue weighted by molar-refractivity contribution is 5.33. The number of benzene rings is 2. The molecule has 0 spiro atoms. The molecule has 1 nitrogen and oxygen atoms in total. The van der Waals surface area contributed by atoms with Crippen LogP contribution < -0.4 is 5.32 Å². The molecule has 2 aromatic carbocycles. The Labute approximate surface area is 125 Å². The lowest BCUT2D eigenvalue weighted by atomic mass is 9.96. The van der Waals surface area contributed by atoms with Gasteiger partial charge in [-0.2, -0.15) is 0 Å². The van der Waals surface area contributed by atoms with Crippen molar-refractivity contribution in [3.05, 3.63) is 70.3 Å². The van der Waals surface area contributed by atoms with Crippen LogP contribution in [0.2, 0.25) is 0 Å². The van der Waals surface area contributed by atoms with Crippen LogP contribution in [0.1, 0.15) is 35.2 Å². The third kappa shape index (κ3) is 3.88. The first-order valence-corrected chi connectivity index (χ1v) is 7.25. The lowest BCUT2D eigenvalue weighted by Crippen LogP contribution is -2.23. The second-order valence-corrected chi connectivity index (χ2v) is 5.41. The van der Waals surface area contributed by atoms with Crippen LogP contribution in [0, 0.1) is 25.5 Å². The van der Waals surface area contributed by atoms with Gasteiger partial charge in [-0.3, -0.25) is 0 Å². The van der Waals surface area contributed by atoms with Crippen molar-refractivity contribution in [2.75, 3.05) is 6.54 Å². The maximum absolute atomic E-state index is 13.3. The van der Waals surface area contributed by atoms with E-state index in [2.05, 4.69) is 37.4 Å². The van der Waals surface area contributed by atoms with Gasteiger partial charge in [-0.05, 0) is 61.2 Å². The molecule has 112 valence electrons. The minimum absolute atomic E-state index is 0.0964. The van der Waals surface area contributed by atoms with Crippen LogP contribution in [0.15, 0.2) is 36.4 Å².